The minimum absolute atomic E-state index is 0.0972. The molecular weight excluding hydrogens is 105 g/mol. The Hall–Kier alpha value is -0.920. The van der Waals surface area contributed by atoms with Crippen molar-refractivity contribution in [2.75, 3.05) is 0 Å². The lowest BCUT2D eigenvalue weighted by molar-refractivity contribution is 0.683. The van der Waals surface area contributed by atoms with Crippen molar-refractivity contribution in [3.8, 4) is 0 Å². The number of fused-ring (bicyclic) bond motifs is 1. The average molecular weight is 109 g/mol. The van der Waals surface area contributed by atoms with Crippen molar-refractivity contribution in [3.63, 3.8) is 0 Å². The van der Waals surface area contributed by atoms with E-state index in [0.717, 1.165) is 0 Å². The maximum Gasteiger partial charge on any atom is 0.146 e. The number of allylic oxidation sites excluding steroid dienone is 2. The molecule has 0 spiro atoms. The molecule has 1 heterocycles. The van der Waals surface area contributed by atoms with Crippen LogP contribution in [0.3, 0.4) is 0 Å². The Morgan fingerprint density at radius 3 is 3.12 bits per heavy atom. The maximum atomic E-state index is 12.3. The Kier molecular flexibility index (Phi) is 0.539. The van der Waals surface area contributed by atoms with Crippen molar-refractivity contribution in [2.45, 2.75) is 6.04 Å². The molecular formula is C6H4FN. The molecule has 0 aromatic carbocycles. The van der Waals surface area contributed by atoms with E-state index < -0.39 is 0 Å². The van der Waals surface area contributed by atoms with E-state index in [-0.39, 0.29) is 11.9 Å². The van der Waals surface area contributed by atoms with Gasteiger partial charge in [-0.3, -0.25) is 4.99 Å². The van der Waals surface area contributed by atoms with Crippen molar-refractivity contribution in [2.24, 2.45) is 4.99 Å². The van der Waals surface area contributed by atoms with Gasteiger partial charge < -0.3 is 0 Å². The van der Waals surface area contributed by atoms with E-state index in [2.05, 4.69) is 4.99 Å². The monoisotopic (exact) mass is 109 g/mol. The second-order valence-corrected chi connectivity index (χ2v) is 1.86. The fourth-order valence-corrected chi connectivity index (χ4v) is 0.780. The molecule has 1 aliphatic carbocycles. The van der Waals surface area contributed by atoms with Crippen LogP contribution in [-0.2, 0) is 0 Å². The fourth-order valence-electron chi connectivity index (χ4n) is 0.780. The molecule has 1 atom stereocenters. The standard InChI is InChI=1S/C6H4FN/c7-4-2-1-3-5-6(4)8-5/h1-3,5H. The highest BCUT2D eigenvalue weighted by Gasteiger charge is 2.30. The molecule has 2 rings (SSSR count). The lowest BCUT2D eigenvalue weighted by Gasteiger charge is -1.89. The van der Waals surface area contributed by atoms with Gasteiger partial charge in [0.05, 0.1) is 0 Å². The summed E-state index contributed by atoms with van der Waals surface area (Å²) < 4.78 is 12.3. The second kappa shape index (κ2) is 1.08. The highest BCUT2D eigenvalue weighted by Crippen LogP contribution is 2.24. The van der Waals surface area contributed by atoms with E-state index in [9.17, 15) is 4.39 Å². The molecule has 0 aromatic heterocycles. The summed E-state index contributed by atoms with van der Waals surface area (Å²) in [7, 11) is 0. The van der Waals surface area contributed by atoms with E-state index in [1.807, 2.05) is 6.08 Å². The smallest absolute Gasteiger partial charge is 0.146 e. The molecule has 0 N–H and O–H groups in total. The summed E-state index contributed by atoms with van der Waals surface area (Å²) in [6, 6.07) is 0.0972. The number of rotatable bonds is 0. The van der Waals surface area contributed by atoms with Gasteiger partial charge in [0.15, 0.2) is 0 Å². The zero-order valence-electron chi connectivity index (χ0n) is 4.13. The van der Waals surface area contributed by atoms with Crippen molar-refractivity contribution in [1.29, 1.82) is 0 Å². The number of aliphatic imine (C=N–C) groups is 1. The van der Waals surface area contributed by atoms with Gasteiger partial charge in [0.1, 0.15) is 17.6 Å². The molecule has 0 aromatic rings. The van der Waals surface area contributed by atoms with E-state index >= 15 is 0 Å². The summed E-state index contributed by atoms with van der Waals surface area (Å²) in [5.74, 6) is -0.169. The van der Waals surface area contributed by atoms with Crippen LogP contribution in [0.25, 0.3) is 0 Å². The van der Waals surface area contributed by atoms with Gasteiger partial charge in [-0.05, 0) is 6.08 Å². The summed E-state index contributed by atoms with van der Waals surface area (Å²) in [6.45, 7) is 0. The largest absolute Gasteiger partial charge is 0.270 e. The highest BCUT2D eigenvalue weighted by molar-refractivity contribution is 6.14. The third-order valence-corrected chi connectivity index (χ3v) is 1.27. The first kappa shape index (κ1) is 4.01. The summed E-state index contributed by atoms with van der Waals surface area (Å²) in [4.78, 5) is 3.82. The molecule has 0 bridgehead atoms. The van der Waals surface area contributed by atoms with Crippen LogP contribution in [-0.4, -0.2) is 11.8 Å². The SMILES string of the molecule is FC1=CC=CC2N=C12. The predicted molar refractivity (Wildman–Crippen MR) is 29.6 cm³/mol. The minimum Gasteiger partial charge on any atom is -0.270 e. The first-order chi connectivity index (χ1) is 3.88. The first-order valence-corrected chi connectivity index (χ1v) is 2.50. The van der Waals surface area contributed by atoms with Crippen LogP contribution in [0.2, 0.25) is 0 Å². The topological polar surface area (TPSA) is 12.4 Å². The highest BCUT2D eigenvalue weighted by atomic mass is 19.1. The summed E-state index contributed by atoms with van der Waals surface area (Å²) >= 11 is 0. The van der Waals surface area contributed by atoms with Gasteiger partial charge in [0.2, 0.25) is 0 Å². The van der Waals surface area contributed by atoms with Crippen molar-refractivity contribution < 1.29 is 4.39 Å². The van der Waals surface area contributed by atoms with E-state index in [1.165, 1.54) is 6.08 Å². The molecule has 0 amide bonds. The molecule has 1 unspecified atom stereocenters. The fraction of sp³-hybridized carbons (Fsp3) is 0.167. The van der Waals surface area contributed by atoms with Crippen LogP contribution in [0.4, 0.5) is 4.39 Å². The molecule has 40 valence electrons. The number of nitrogens with zero attached hydrogens (tertiary/aromatic N) is 1. The molecule has 0 radical (unpaired) electrons. The van der Waals surface area contributed by atoms with Gasteiger partial charge in [0.25, 0.3) is 0 Å². The van der Waals surface area contributed by atoms with Crippen LogP contribution in [0.5, 0.6) is 0 Å². The Morgan fingerprint density at radius 2 is 2.50 bits per heavy atom. The molecule has 0 saturated heterocycles. The third kappa shape index (κ3) is 0.372. The summed E-state index contributed by atoms with van der Waals surface area (Å²) in [5.41, 5.74) is 0.618. The van der Waals surface area contributed by atoms with Crippen molar-refractivity contribution in [3.05, 3.63) is 24.1 Å². The third-order valence-electron chi connectivity index (χ3n) is 1.27. The molecule has 2 heteroatoms. The summed E-state index contributed by atoms with van der Waals surface area (Å²) in [6.07, 6.45) is 5.00. The number of halogens is 1. The maximum absolute atomic E-state index is 12.3. The van der Waals surface area contributed by atoms with Gasteiger partial charge >= 0.3 is 0 Å². The zero-order chi connectivity index (χ0) is 5.56. The van der Waals surface area contributed by atoms with Gasteiger partial charge in [-0.1, -0.05) is 12.2 Å². The van der Waals surface area contributed by atoms with Gasteiger partial charge in [-0.2, -0.15) is 0 Å². The van der Waals surface area contributed by atoms with Gasteiger partial charge in [-0.25, -0.2) is 4.39 Å². The predicted octanol–water partition coefficient (Wildman–Crippen LogP) is 1.23. The van der Waals surface area contributed by atoms with Gasteiger partial charge in [0, 0.05) is 0 Å². The van der Waals surface area contributed by atoms with Gasteiger partial charge in [-0.15, -0.1) is 0 Å². The zero-order valence-corrected chi connectivity index (χ0v) is 4.13. The molecule has 0 fully saturated rings. The number of hydrogen-bond donors (Lipinski definition) is 0. The van der Waals surface area contributed by atoms with Crippen LogP contribution in [0.1, 0.15) is 0 Å². The van der Waals surface area contributed by atoms with Crippen LogP contribution in [0.15, 0.2) is 29.0 Å². The molecule has 1 nitrogen and oxygen atoms in total. The second-order valence-electron chi connectivity index (χ2n) is 1.86. The first-order valence-electron chi connectivity index (χ1n) is 2.50. The minimum atomic E-state index is -0.169. The normalized spacial score (nSPS) is 30.9. The molecule has 1 aliphatic heterocycles. The molecule has 0 saturated carbocycles. The van der Waals surface area contributed by atoms with Crippen molar-refractivity contribution >= 4 is 5.71 Å². The van der Waals surface area contributed by atoms with E-state index in [4.69, 9.17) is 0 Å². The van der Waals surface area contributed by atoms with Crippen LogP contribution in [0, 0.1) is 0 Å². The Bertz CT molecular complexity index is 213. The lowest BCUT2D eigenvalue weighted by atomic mass is 10.2. The van der Waals surface area contributed by atoms with Crippen molar-refractivity contribution in [1.82, 2.24) is 0 Å². The van der Waals surface area contributed by atoms with Crippen LogP contribution < -0.4 is 0 Å². The van der Waals surface area contributed by atoms with Crippen LogP contribution >= 0.6 is 0 Å². The quantitative estimate of drug-likeness (QED) is 0.443. The Morgan fingerprint density at radius 1 is 1.62 bits per heavy atom. The Labute approximate surface area is 46.2 Å². The molecule has 2 aliphatic rings. The van der Waals surface area contributed by atoms with E-state index in [1.54, 1.807) is 6.08 Å². The van der Waals surface area contributed by atoms with E-state index in [0.29, 0.717) is 5.71 Å². The average Bonchev–Trinajstić information content (AvgIpc) is 2.45. The number of hydrogen-bond acceptors (Lipinski definition) is 1. The summed E-state index contributed by atoms with van der Waals surface area (Å²) in [5, 5.41) is 0. The lowest BCUT2D eigenvalue weighted by Crippen LogP contribution is -1.96. The molecule has 8 heavy (non-hydrogen) atoms. The Balaban J connectivity index is 2.40.